The average Bonchev–Trinajstić information content (AvgIpc) is 2.48. The zero-order chi connectivity index (χ0) is 14.9. The van der Waals surface area contributed by atoms with Crippen molar-refractivity contribution >= 4 is 5.69 Å². The Morgan fingerprint density at radius 2 is 2.14 bits per heavy atom. The third-order valence-electron chi connectivity index (χ3n) is 5.25. The van der Waals surface area contributed by atoms with E-state index in [1.807, 2.05) is 25.1 Å². The smallest absolute Gasteiger partial charge is 0.0681 e. The number of ether oxygens (including phenoxy) is 1. The van der Waals surface area contributed by atoms with Crippen LogP contribution in [0.25, 0.3) is 0 Å². The van der Waals surface area contributed by atoms with E-state index in [1.165, 1.54) is 5.56 Å². The van der Waals surface area contributed by atoms with Crippen molar-refractivity contribution in [2.45, 2.75) is 44.9 Å². The first-order valence-electron chi connectivity index (χ1n) is 8.00. The lowest BCUT2D eigenvalue weighted by atomic mass is 9.58. The van der Waals surface area contributed by atoms with Crippen LogP contribution in [0.1, 0.15) is 31.7 Å². The minimum Gasteiger partial charge on any atom is -0.399 e. The van der Waals surface area contributed by atoms with Gasteiger partial charge in [0.15, 0.2) is 0 Å². The number of hydrogen-bond donors (Lipinski definition) is 2. The molecule has 0 amide bonds. The summed E-state index contributed by atoms with van der Waals surface area (Å²) < 4.78 is 5.82. The van der Waals surface area contributed by atoms with Gasteiger partial charge >= 0.3 is 0 Å². The molecule has 3 N–H and O–H groups in total. The van der Waals surface area contributed by atoms with Crippen molar-refractivity contribution in [3.05, 3.63) is 29.8 Å². The van der Waals surface area contributed by atoms with Gasteiger partial charge in [-0.15, -0.1) is 0 Å². The third-order valence-corrected chi connectivity index (χ3v) is 5.25. The molecule has 0 aromatic heterocycles. The second-order valence-electron chi connectivity index (χ2n) is 6.45. The maximum absolute atomic E-state index is 10.2. The van der Waals surface area contributed by atoms with E-state index in [-0.39, 0.29) is 17.6 Å². The maximum atomic E-state index is 10.2. The van der Waals surface area contributed by atoms with Crippen molar-refractivity contribution in [2.24, 2.45) is 5.41 Å². The van der Waals surface area contributed by atoms with Gasteiger partial charge in [0.1, 0.15) is 0 Å². The number of nitrogens with zero attached hydrogens (tertiary/aromatic N) is 1. The van der Waals surface area contributed by atoms with E-state index in [9.17, 15) is 5.11 Å². The number of nitrogens with two attached hydrogens (primary N) is 1. The summed E-state index contributed by atoms with van der Waals surface area (Å²) in [7, 11) is 0. The van der Waals surface area contributed by atoms with Crippen LogP contribution in [0.4, 0.5) is 5.69 Å². The number of nitrogen functional groups attached to an aromatic ring is 1. The largest absolute Gasteiger partial charge is 0.399 e. The van der Waals surface area contributed by atoms with E-state index < -0.39 is 0 Å². The van der Waals surface area contributed by atoms with Gasteiger partial charge in [-0.25, -0.2) is 0 Å². The summed E-state index contributed by atoms with van der Waals surface area (Å²) >= 11 is 0. The first-order valence-corrected chi connectivity index (χ1v) is 8.00. The maximum Gasteiger partial charge on any atom is 0.0681 e. The lowest BCUT2D eigenvalue weighted by molar-refractivity contribution is -0.209. The van der Waals surface area contributed by atoms with Crippen molar-refractivity contribution in [1.82, 2.24) is 4.90 Å². The Kier molecular flexibility index (Phi) is 4.20. The summed E-state index contributed by atoms with van der Waals surface area (Å²) in [5.41, 5.74) is 7.95. The molecule has 2 atom stereocenters. The molecule has 2 aliphatic rings. The molecular weight excluding hydrogens is 264 g/mol. The van der Waals surface area contributed by atoms with Crippen molar-refractivity contribution in [3.63, 3.8) is 0 Å². The van der Waals surface area contributed by atoms with Crippen LogP contribution in [0.2, 0.25) is 0 Å². The van der Waals surface area contributed by atoms with Gasteiger partial charge in [-0.05, 0) is 50.6 Å². The normalized spacial score (nSPS) is 28.5. The van der Waals surface area contributed by atoms with Gasteiger partial charge in [-0.3, -0.25) is 4.90 Å². The molecule has 21 heavy (non-hydrogen) atoms. The highest BCUT2D eigenvalue weighted by Crippen LogP contribution is 2.51. The molecule has 0 bridgehead atoms. The molecular formula is C17H26N2O2. The Bertz CT molecular complexity index is 481. The first-order chi connectivity index (χ1) is 10.1. The highest BCUT2D eigenvalue weighted by molar-refractivity contribution is 5.40. The van der Waals surface area contributed by atoms with Crippen molar-refractivity contribution < 1.29 is 9.84 Å². The Morgan fingerprint density at radius 1 is 1.38 bits per heavy atom. The summed E-state index contributed by atoms with van der Waals surface area (Å²) in [4.78, 5) is 2.45. The number of piperidine rings is 1. The van der Waals surface area contributed by atoms with Crippen LogP contribution >= 0.6 is 0 Å². The average molecular weight is 290 g/mol. The Balaban J connectivity index is 1.57. The molecule has 1 saturated heterocycles. The van der Waals surface area contributed by atoms with Crippen LogP contribution in [0, 0.1) is 5.41 Å². The number of rotatable bonds is 4. The number of likely N-dealkylation sites (tertiary alicyclic amines) is 1. The van der Waals surface area contributed by atoms with Crippen LogP contribution < -0.4 is 5.73 Å². The Labute approximate surface area is 126 Å². The third kappa shape index (κ3) is 2.80. The molecule has 1 aliphatic carbocycles. The van der Waals surface area contributed by atoms with Gasteiger partial charge in [-0.2, -0.15) is 0 Å². The summed E-state index contributed by atoms with van der Waals surface area (Å²) in [5, 5.41) is 10.2. The molecule has 1 heterocycles. The molecule has 1 saturated carbocycles. The molecule has 116 valence electrons. The molecule has 1 aromatic carbocycles. The number of anilines is 1. The standard InChI is InChI=1S/C17H26N2O2/c1-2-21-16-11-15(20)17(16)6-8-19(9-7-17)12-13-4-3-5-14(18)10-13/h3-5,10,15-16,20H,2,6-9,11-12,18H2,1H3. The molecule has 4 heteroatoms. The fourth-order valence-corrected chi connectivity index (χ4v) is 3.89. The van der Waals surface area contributed by atoms with E-state index in [0.717, 1.165) is 51.2 Å². The molecule has 2 unspecified atom stereocenters. The predicted molar refractivity (Wildman–Crippen MR) is 83.8 cm³/mol. The van der Waals surface area contributed by atoms with E-state index in [2.05, 4.69) is 11.0 Å². The SMILES string of the molecule is CCOC1CC(O)C12CCN(Cc1cccc(N)c1)CC2. The van der Waals surface area contributed by atoms with Crippen LogP contribution in [0.3, 0.4) is 0 Å². The van der Waals surface area contributed by atoms with Crippen LogP contribution in [-0.4, -0.2) is 41.9 Å². The van der Waals surface area contributed by atoms with Crippen molar-refractivity contribution in [3.8, 4) is 0 Å². The fraction of sp³-hybridized carbons (Fsp3) is 0.647. The van der Waals surface area contributed by atoms with Gasteiger partial charge in [-0.1, -0.05) is 12.1 Å². The van der Waals surface area contributed by atoms with Gasteiger partial charge in [0.25, 0.3) is 0 Å². The van der Waals surface area contributed by atoms with E-state index >= 15 is 0 Å². The van der Waals surface area contributed by atoms with Gasteiger partial charge in [0.05, 0.1) is 12.2 Å². The minimum absolute atomic E-state index is 0.0161. The lowest BCUT2D eigenvalue weighted by Crippen LogP contribution is -2.62. The zero-order valence-corrected chi connectivity index (χ0v) is 12.8. The summed E-state index contributed by atoms with van der Waals surface area (Å²) in [6.07, 6.45) is 2.95. The second kappa shape index (κ2) is 5.95. The molecule has 1 aromatic rings. The topological polar surface area (TPSA) is 58.7 Å². The molecule has 2 fully saturated rings. The molecule has 1 spiro atoms. The Morgan fingerprint density at radius 3 is 2.76 bits per heavy atom. The van der Waals surface area contributed by atoms with Gasteiger partial charge in [0.2, 0.25) is 0 Å². The van der Waals surface area contributed by atoms with Gasteiger partial charge in [0, 0.05) is 30.7 Å². The second-order valence-corrected chi connectivity index (χ2v) is 6.45. The van der Waals surface area contributed by atoms with Crippen molar-refractivity contribution in [2.75, 3.05) is 25.4 Å². The van der Waals surface area contributed by atoms with Crippen LogP contribution in [0.15, 0.2) is 24.3 Å². The summed E-state index contributed by atoms with van der Waals surface area (Å²) in [5.74, 6) is 0. The van der Waals surface area contributed by atoms with Gasteiger partial charge < -0.3 is 15.6 Å². The monoisotopic (exact) mass is 290 g/mol. The highest BCUT2D eigenvalue weighted by atomic mass is 16.5. The van der Waals surface area contributed by atoms with Crippen LogP contribution in [-0.2, 0) is 11.3 Å². The number of aliphatic hydroxyl groups excluding tert-OH is 1. The van der Waals surface area contributed by atoms with E-state index in [1.54, 1.807) is 0 Å². The molecule has 4 nitrogen and oxygen atoms in total. The first kappa shape index (κ1) is 14.8. The molecule has 1 aliphatic heterocycles. The molecule has 3 rings (SSSR count). The fourth-order valence-electron chi connectivity index (χ4n) is 3.89. The quantitative estimate of drug-likeness (QED) is 0.833. The lowest BCUT2D eigenvalue weighted by Gasteiger charge is -2.56. The van der Waals surface area contributed by atoms with Crippen LogP contribution in [0.5, 0.6) is 0 Å². The predicted octanol–water partition coefficient (Wildman–Crippen LogP) is 2.02. The summed E-state index contributed by atoms with van der Waals surface area (Å²) in [6.45, 7) is 5.76. The highest BCUT2D eigenvalue weighted by Gasteiger charge is 2.55. The van der Waals surface area contributed by atoms with E-state index in [4.69, 9.17) is 10.5 Å². The van der Waals surface area contributed by atoms with Crippen molar-refractivity contribution in [1.29, 1.82) is 0 Å². The number of hydrogen-bond acceptors (Lipinski definition) is 4. The van der Waals surface area contributed by atoms with E-state index in [0.29, 0.717) is 0 Å². The number of aliphatic hydroxyl groups is 1. The molecule has 0 radical (unpaired) electrons. The summed E-state index contributed by atoms with van der Waals surface area (Å²) in [6, 6.07) is 8.11. The Hall–Kier alpha value is -1.10. The number of benzene rings is 1. The minimum atomic E-state index is -0.177. The zero-order valence-electron chi connectivity index (χ0n) is 12.8.